The van der Waals surface area contributed by atoms with Crippen LogP contribution in [0.15, 0.2) is 79.4 Å². The summed E-state index contributed by atoms with van der Waals surface area (Å²) in [5, 5.41) is 1.99. The number of hydrogen-bond acceptors (Lipinski definition) is 5. The van der Waals surface area contributed by atoms with Crippen molar-refractivity contribution in [1.29, 1.82) is 0 Å². The molecule has 4 rings (SSSR count). The van der Waals surface area contributed by atoms with Crippen LogP contribution in [0.1, 0.15) is 15.9 Å². The largest absolute Gasteiger partial charge is 0.438 e. The first-order chi connectivity index (χ1) is 15.8. The van der Waals surface area contributed by atoms with Crippen molar-refractivity contribution in [3.05, 3.63) is 95.5 Å². The Balaban J connectivity index is 1.56. The SMILES string of the molecule is O=C(Nc1ccc(Cl)c(C(F)(F)F)c1)c1cccc(Oc2ncccc2-c2ccncn2)c1. The van der Waals surface area contributed by atoms with Crippen molar-refractivity contribution in [2.45, 2.75) is 6.18 Å². The van der Waals surface area contributed by atoms with Crippen LogP contribution in [-0.4, -0.2) is 20.9 Å². The highest BCUT2D eigenvalue weighted by molar-refractivity contribution is 6.31. The summed E-state index contributed by atoms with van der Waals surface area (Å²) in [5.41, 5.74) is 0.321. The van der Waals surface area contributed by atoms with Crippen LogP contribution in [0.3, 0.4) is 0 Å². The highest BCUT2D eigenvalue weighted by Crippen LogP contribution is 2.36. The smallest absolute Gasteiger partial charge is 0.417 e. The topological polar surface area (TPSA) is 77.0 Å². The number of rotatable bonds is 5. The van der Waals surface area contributed by atoms with Crippen LogP contribution in [0.4, 0.5) is 18.9 Å². The molecule has 0 saturated heterocycles. The fraction of sp³-hybridized carbons (Fsp3) is 0.0435. The third-order valence-corrected chi connectivity index (χ3v) is 4.80. The van der Waals surface area contributed by atoms with Crippen LogP contribution >= 0.6 is 11.6 Å². The van der Waals surface area contributed by atoms with Crippen molar-refractivity contribution in [2.75, 3.05) is 5.32 Å². The van der Waals surface area contributed by atoms with Gasteiger partial charge in [0.05, 0.1) is 21.8 Å². The van der Waals surface area contributed by atoms with Crippen LogP contribution < -0.4 is 10.1 Å². The summed E-state index contributed by atoms with van der Waals surface area (Å²) in [7, 11) is 0. The third kappa shape index (κ3) is 5.27. The lowest BCUT2D eigenvalue weighted by Gasteiger charge is -2.12. The van der Waals surface area contributed by atoms with Gasteiger partial charge in [0.15, 0.2) is 0 Å². The molecule has 2 aromatic carbocycles. The van der Waals surface area contributed by atoms with Crippen molar-refractivity contribution in [3.63, 3.8) is 0 Å². The van der Waals surface area contributed by atoms with Gasteiger partial charge in [-0.1, -0.05) is 17.7 Å². The molecule has 0 unspecified atom stereocenters. The molecule has 33 heavy (non-hydrogen) atoms. The fourth-order valence-electron chi connectivity index (χ4n) is 2.95. The van der Waals surface area contributed by atoms with E-state index in [9.17, 15) is 18.0 Å². The van der Waals surface area contributed by atoms with Crippen LogP contribution in [0.2, 0.25) is 5.02 Å². The molecule has 0 aliphatic carbocycles. The van der Waals surface area contributed by atoms with Gasteiger partial charge in [0.25, 0.3) is 5.91 Å². The van der Waals surface area contributed by atoms with E-state index in [0.29, 0.717) is 17.0 Å². The predicted octanol–water partition coefficient (Wildman–Crippen LogP) is 6.26. The predicted molar refractivity (Wildman–Crippen MR) is 116 cm³/mol. The summed E-state index contributed by atoms with van der Waals surface area (Å²) in [4.78, 5) is 24.9. The summed E-state index contributed by atoms with van der Waals surface area (Å²) in [6.45, 7) is 0. The maximum atomic E-state index is 13.1. The zero-order chi connectivity index (χ0) is 23.4. The zero-order valence-corrected chi connectivity index (χ0v) is 17.4. The Morgan fingerprint density at radius 1 is 0.970 bits per heavy atom. The number of amides is 1. The standard InChI is InChI=1S/C23H14ClF3N4O2/c24-19-7-6-15(12-18(19)23(25,26)27)31-21(32)14-3-1-4-16(11-14)33-22-17(5-2-9-29-22)20-8-10-28-13-30-20/h1-13H,(H,31,32). The second kappa shape index (κ2) is 9.25. The molecule has 4 aromatic rings. The van der Waals surface area contributed by atoms with E-state index in [-0.39, 0.29) is 17.1 Å². The number of anilines is 1. The normalized spacial score (nSPS) is 11.2. The minimum atomic E-state index is -4.64. The first kappa shape index (κ1) is 22.2. The molecule has 1 N–H and O–H groups in total. The molecule has 0 aliphatic rings. The number of aromatic nitrogens is 3. The van der Waals surface area contributed by atoms with E-state index in [4.69, 9.17) is 16.3 Å². The first-order valence-corrected chi connectivity index (χ1v) is 9.86. The number of benzene rings is 2. The highest BCUT2D eigenvalue weighted by Gasteiger charge is 2.33. The summed E-state index contributed by atoms with van der Waals surface area (Å²) in [5.74, 6) is -0.0436. The van der Waals surface area contributed by atoms with Crippen molar-refractivity contribution in [3.8, 4) is 22.9 Å². The van der Waals surface area contributed by atoms with Gasteiger partial charge in [-0.15, -0.1) is 0 Å². The summed E-state index contributed by atoms with van der Waals surface area (Å²) < 4.78 is 45.1. The van der Waals surface area contributed by atoms with Crippen molar-refractivity contribution < 1.29 is 22.7 Å². The number of carbonyl (C=O) groups excluding carboxylic acids is 1. The highest BCUT2D eigenvalue weighted by atomic mass is 35.5. The van der Waals surface area contributed by atoms with Gasteiger partial charge in [-0.05, 0) is 54.6 Å². The Labute approximate surface area is 191 Å². The Hall–Kier alpha value is -3.98. The summed E-state index contributed by atoms with van der Waals surface area (Å²) >= 11 is 5.63. The summed E-state index contributed by atoms with van der Waals surface area (Å²) in [6.07, 6.45) is -0.103. The minimum Gasteiger partial charge on any atom is -0.438 e. The van der Waals surface area contributed by atoms with Crippen LogP contribution in [0, 0.1) is 0 Å². The van der Waals surface area contributed by atoms with E-state index in [2.05, 4.69) is 20.3 Å². The second-order valence-electron chi connectivity index (χ2n) is 6.73. The molecule has 1 amide bonds. The number of pyridine rings is 1. The van der Waals surface area contributed by atoms with Gasteiger partial charge in [0.2, 0.25) is 5.88 Å². The zero-order valence-electron chi connectivity index (χ0n) is 16.7. The van der Waals surface area contributed by atoms with E-state index in [1.165, 1.54) is 24.5 Å². The molecule has 0 saturated carbocycles. The van der Waals surface area contributed by atoms with Gasteiger partial charge in [0, 0.05) is 23.6 Å². The van der Waals surface area contributed by atoms with Gasteiger partial charge >= 0.3 is 6.18 Å². The van der Waals surface area contributed by atoms with Gasteiger partial charge in [-0.3, -0.25) is 4.79 Å². The molecule has 0 fully saturated rings. The van der Waals surface area contributed by atoms with E-state index < -0.39 is 22.7 Å². The molecule has 0 atom stereocenters. The van der Waals surface area contributed by atoms with Gasteiger partial charge in [0.1, 0.15) is 12.1 Å². The molecule has 2 heterocycles. The Morgan fingerprint density at radius 2 is 1.82 bits per heavy atom. The van der Waals surface area contributed by atoms with E-state index in [0.717, 1.165) is 12.1 Å². The van der Waals surface area contributed by atoms with E-state index in [1.807, 2.05) is 0 Å². The minimum absolute atomic E-state index is 0.0428. The molecule has 0 spiro atoms. The first-order valence-electron chi connectivity index (χ1n) is 9.49. The summed E-state index contributed by atoms with van der Waals surface area (Å²) in [6, 6.07) is 14.5. The van der Waals surface area contributed by atoms with E-state index >= 15 is 0 Å². The number of nitrogens with one attached hydrogen (secondary N) is 1. The van der Waals surface area contributed by atoms with Gasteiger partial charge < -0.3 is 10.1 Å². The van der Waals surface area contributed by atoms with Crippen molar-refractivity contribution >= 4 is 23.2 Å². The molecular formula is C23H14ClF3N4O2. The number of alkyl halides is 3. The average Bonchev–Trinajstić information content (AvgIpc) is 2.81. The number of nitrogens with zero attached hydrogens (tertiary/aromatic N) is 3. The molecule has 166 valence electrons. The number of carbonyl (C=O) groups is 1. The molecule has 10 heteroatoms. The van der Waals surface area contributed by atoms with Crippen LogP contribution in [0.5, 0.6) is 11.6 Å². The molecule has 0 aliphatic heterocycles. The molecule has 2 aromatic heterocycles. The molecule has 6 nitrogen and oxygen atoms in total. The fourth-order valence-corrected chi connectivity index (χ4v) is 3.18. The Morgan fingerprint density at radius 3 is 2.58 bits per heavy atom. The van der Waals surface area contributed by atoms with Gasteiger partial charge in [-0.25, -0.2) is 15.0 Å². The van der Waals surface area contributed by atoms with Crippen molar-refractivity contribution in [2.24, 2.45) is 0 Å². The molecule has 0 radical (unpaired) electrons. The van der Waals surface area contributed by atoms with Crippen LogP contribution in [0.25, 0.3) is 11.3 Å². The number of ether oxygens (including phenoxy) is 1. The second-order valence-corrected chi connectivity index (χ2v) is 7.13. The lowest BCUT2D eigenvalue weighted by Crippen LogP contribution is -2.13. The molecule has 0 bridgehead atoms. The Bertz CT molecular complexity index is 1300. The quantitative estimate of drug-likeness (QED) is 0.373. The lowest BCUT2D eigenvalue weighted by atomic mass is 10.1. The van der Waals surface area contributed by atoms with Crippen molar-refractivity contribution in [1.82, 2.24) is 15.0 Å². The maximum absolute atomic E-state index is 13.1. The van der Waals surface area contributed by atoms with E-state index in [1.54, 1.807) is 42.7 Å². The Kier molecular flexibility index (Phi) is 6.23. The number of hydrogen-bond donors (Lipinski definition) is 1. The molecular weight excluding hydrogens is 457 g/mol. The van der Waals surface area contributed by atoms with Gasteiger partial charge in [-0.2, -0.15) is 13.2 Å². The lowest BCUT2D eigenvalue weighted by molar-refractivity contribution is -0.137. The van der Waals surface area contributed by atoms with Crippen LogP contribution in [-0.2, 0) is 6.18 Å². The number of halogens is 4. The average molecular weight is 471 g/mol. The monoisotopic (exact) mass is 470 g/mol. The third-order valence-electron chi connectivity index (χ3n) is 4.47. The maximum Gasteiger partial charge on any atom is 0.417 e.